The lowest BCUT2D eigenvalue weighted by molar-refractivity contribution is 0.219. The molecule has 0 aromatic carbocycles. The number of nitrogens with zero attached hydrogens (tertiary/aromatic N) is 1. The fourth-order valence-electron chi connectivity index (χ4n) is 1.04. The minimum absolute atomic E-state index is 0.0716. The second-order valence-electron chi connectivity index (χ2n) is 3.55. The molecule has 1 atom stereocenters. The van der Waals surface area contributed by atoms with E-state index in [4.69, 9.17) is 11.6 Å². The van der Waals surface area contributed by atoms with Crippen molar-refractivity contribution in [2.75, 3.05) is 11.9 Å². The number of aliphatic hydroxyl groups is 1. The summed E-state index contributed by atoms with van der Waals surface area (Å²) in [5.41, 5.74) is 0.477. The summed E-state index contributed by atoms with van der Waals surface area (Å²) in [6.07, 6.45) is 4.07. The molecule has 0 bridgehead atoms. The van der Waals surface area contributed by atoms with Gasteiger partial charge in [0.2, 0.25) is 0 Å². The van der Waals surface area contributed by atoms with Gasteiger partial charge in [0.05, 0.1) is 22.9 Å². The summed E-state index contributed by atoms with van der Waals surface area (Å²) < 4.78 is 0. The molecule has 2 N–H and O–H groups in total. The summed E-state index contributed by atoms with van der Waals surface area (Å²) in [6, 6.07) is 1.80. The van der Waals surface area contributed by atoms with Gasteiger partial charge < -0.3 is 10.4 Å². The van der Waals surface area contributed by atoms with Gasteiger partial charge in [-0.05, 0) is 19.4 Å². The van der Waals surface area contributed by atoms with Crippen LogP contribution < -0.4 is 5.32 Å². The van der Waals surface area contributed by atoms with E-state index in [-0.39, 0.29) is 12.1 Å². The molecule has 0 saturated carbocycles. The first-order chi connectivity index (χ1) is 6.61. The zero-order chi connectivity index (χ0) is 10.6. The zero-order valence-electron chi connectivity index (χ0n) is 8.42. The Hall–Kier alpha value is -0.800. The number of rotatable bonds is 4. The minimum Gasteiger partial charge on any atom is -0.394 e. The Kier molecular flexibility index (Phi) is 3.72. The SMILES string of the molecule is CCC(C)(CO)Nc1ccncc1Cl. The third kappa shape index (κ3) is 2.59. The number of nitrogens with one attached hydrogen (secondary N) is 1. The van der Waals surface area contributed by atoms with Crippen molar-refractivity contribution in [2.24, 2.45) is 0 Å². The standard InChI is InChI=1S/C10H15ClN2O/c1-3-10(2,7-14)13-9-4-5-12-6-8(9)11/h4-6,14H,3,7H2,1-2H3,(H,12,13). The number of hydrogen-bond acceptors (Lipinski definition) is 3. The van der Waals surface area contributed by atoms with Gasteiger partial charge in [-0.25, -0.2) is 0 Å². The third-order valence-electron chi connectivity index (χ3n) is 2.34. The molecule has 78 valence electrons. The smallest absolute Gasteiger partial charge is 0.0820 e. The molecule has 14 heavy (non-hydrogen) atoms. The molecule has 1 rings (SSSR count). The Balaban J connectivity index is 2.82. The van der Waals surface area contributed by atoms with Crippen LogP contribution in [0.5, 0.6) is 0 Å². The van der Waals surface area contributed by atoms with E-state index in [9.17, 15) is 5.11 Å². The molecular formula is C10H15ClN2O. The topological polar surface area (TPSA) is 45.1 Å². The van der Waals surface area contributed by atoms with E-state index in [1.165, 1.54) is 0 Å². The molecule has 4 heteroatoms. The van der Waals surface area contributed by atoms with Gasteiger partial charge >= 0.3 is 0 Å². The summed E-state index contributed by atoms with van der Waals surface area (Å²) in [5, 5.41) is 13.0. The summed E-state index contributed by atoms with van der Waals surface area (Å²) in [5.74, 6) is 0. The lowest BCUT2D eigenvalue weighted by Crippen LogP contribution is -2.38. The van der Waals surface area contributed by atoms with E-state index in [1.54, 1.807) is 18.5 Å². The van der Waals surface area contributed by atoms with Crippen LogP contribution in [0.3, 0.4) is 0 Å². The second-order valence-corrected chi connectivity index (χ2v) is 3.96. The average Bonchev–Trinajstić information content (AvgIpc) is 2.21. The van der Waals surface area contributed by atoms with Crippen LogP contribution in [0, 0.1) is 0 Å². The highest BCUT2D eigenvalue weighted by molar-refractivity contribution is 6.33. The molecule has 0 fully saturated rings. The Morgan fingerprint density at radius 3 is 2.86 bits per heavy atom. The molecule has 0 aliphatic rings. The molecular weight excluding hydrogens is 200 g/mol. The number of aliphatic hydroxyl groups excluding tert-OH is 1. The Bertz CT molecular complexity index is 300. The van der Waals surface area contributed by atoms with Crippen LogP contribution in [0.2, 0.25) is 5.02 Å². The maximum Gasteiger partial charge on any atom is 0.0820 e. The predicted octanol–water partition coefficient (Wildman–Crippen LogP) is 2.31. The number of aromatic nitrogens is 1. The van der Waals surface area contributed by atoms with Crippen LogP contribution in [-0.2, 0) is 0 Å². The van der Waals surface area contributed by atoms with Crippen molar-refractivity contribution < 1.29 is 5.11 Å². The molecule has 0 radical (unpaired) electrons. The summed E-state index contributed by atoms with van der Waals surface area (Å²) in [6.45, 7) is 4.03. The molecule has 0 amide bonds. The largest absolute Gasteiger partial charge is 0.394 e. The van der Waals surface area contributed by atoms with E-state index < -0.39 is 0 Å². The van der Waals surface area contributed by atoms with E-state index in [1.807, 2.05) is 13.8 Å². The van der Waals surface area contributed by atoms with E-state index in [0.29, 0.717) is 5.02 Å². The Morgan fingerprint density at radius 2 is 2.36 bits per heavy atom. The normalized spacial score (nSPS) is 14.9. The van der Waals surface area contributed by atoms with Crippen molar-refractivity contribution in [1.82, 2.24) is 4.98 Å². The molecule has 1 aromatic heterocycles. The number of halogens is 1. The Morgan fingerprint density at radius 1 is 1.64 bits per heavy atom. The summed E-state index contributed by atoms with van der Waals surface area (Å²) in [7, 11) is 0. The van der Waals surface area contributed by atoms with Gasteiger partial charge in [0.25, 0.3) is 0 Å². The zero-order valence-corrected chi connectivity index (χ0v) is 9.17. The van der Waals surface area contributed by atoms with Gasteiger partial charge in [-0.2, -0.15) is 0 Å². The summed E-state index contributed by atoms with van der Waals surface area (Å²) in [4.78, 5) is 3.89. The number of anilines is 1. The lowest BCUT2D eigenvalue weighted by Gasteiger charge is -2.28. The van der Waals surface area contributed by atoms with Crippen molar-refractivity contribution in [3.8, 4) is 0 Å². The molecule has 0 spiro atoms. The summed E-state index contributed by atoms with van der Waals surface area (Å²) >= 11 is 5.94. The van der Waals surface area contributed by atoms with E-state index in [2.05, 4.69) is 10.3 Å². The van der Waals surface area contributed by atoms with Crippen molar-refractivity contribution in [3.05, 3.63) is 23.5 Å². The molecule has 0 aliphatic carbocycles. The van der Waals surface area contributed by atoms with Gasteiger partial charge in [-0.1, -0.05) is 18.5 Å². The predicted molar refractivity (Wildman–Crippen MR) is 58.7 cm³/mol. The number of hydrogen-bond donors (Lipinski definition) is 2. The highest BCUT2D eigenvalue weighted by Gasteiger charge is 2.21. The van der Waals surface area contributed by atoms with Crippen molar-refractivity contribution in [2.45, 2.75) is 25.8 Å². The lowest BCUT2D eigenvalue weighted by atomic mass is 10.00. The highest BCUT2D eigenvalue weighted by atomic mass is 35.5. The van der Waals surface area contributed by atoms with Gasteiger partial charge in [0.15, 0.2) is 0 Å². The van der Waals surface area contributed by atoms with Gasteiger partial charge in [0.1, 0.15) is 0 Å². The van der Waals surface area contributed by atoms with Crippen LogP contribution in [0.25, 0.3) is 0 Å². The van der Waals surface area contributed by atoms with E-state index >= 15 is 0 Å². The molecule has 1 aromatic rings. The quantitative estimate of drug-likeness (QED) is 0.809. The van der Waals surface area contributed by atoms with Crippen molar-refractivity contribution >= 4 is 17.3 Å². The minimum atomic E-state index is -0.328. The monoisotopic (exact) mass is 214 g/mol. The average molecular weight is 215 g/mol. The van der Waals surface area contributed by atoms with Crippen LogP contribution in [0.15, 0.2) is 18.5 Å². The fourth-order valence-corrected chi connectivity index (χ4v) is 1.21. The van der Waals surface area contributed by atoms with Gasteiger partial charge in [-0.3, -0.25) is 4.98 Å². The first-order valence-corrected chi connectivity index (χ1v) is 4.97. The second kappa shape index (κ2) is 4.62. The highest BCUT2D eigenvalue weighted by Crippen LogP contribution is 2.24. The third-order valence-corrected chi connectivity index (χ3v) is 2.64. The number of pyridine rings is 1. The van der Waals surface area contributed by atoms with Gasteiger partial charge in [0, 0.05) is 12.4 Å². The molecule has 0 aliphatic heterocycles. The fraction of sp³-hybridized carbons (Fsp3) is 0.500. The molecule has 1 unspecified atom stereocenters. The van der Waals surface area contributed by atoms with Crippen LogP contribution >= 0.6 is 11.6 Å². The molecule has 0 saturated heterocycles. The first-order valence-electron chi connectivity index (χ1n) is 4.60. The maximum atomic E-state index is 9.22. The van der Waals surface area contributed by atoms with Crippen LogP contribution in [-0.4, -0.2) is 22.2 Å². The van der Waals surface area contributed by atoms with Gasteiger partial charge in [-0.15, -0.1) is 0 Å². The van der Waals surface area contributed by atoms with Crippen LogP contribution in [0.1, 0.15) is 20.3 Å². The molecule has 1 heterocycles. The molecule has 3 nitrogen and oxygen atoms in total. The van der Waals surface area contributed by atoms with Crippen LogP contribution in [0.4, 0.5) is 5.69 Å². The maximum absolute atomic E-state index is 9.22. The van der Waals surface area contributed by atoms with E-state index in [0.717, 1.165) is 12.1 Å². The Labute approximate surface area is 89.1 Å². The van der Waals surface area contributed by atoms with Crippen molar-refractivity contribution in [3.63, 3.8) is 0 Å². The first kappa shape index (κ1) is 11.3. The van der Waals surface area contributed by atoms with Crippen molar-refractivity contribution in [1.29, 1.82) is 0 Å².